The summed E-state index contributed by atoms with van der Waals surface area (Å²) in [7, 11) is 0. The molecule has 1 saturated carbocycles. The zero-order valence-electron chi connectivity index (χ0n) is 14.7. The lowest BCUT2D eigenvalue weighted by molar-refractivity contribution is -0.125. The van der Waals surface area contributed by atoms with Crippen LogP contribution < -0.4 is 0 Å². The van der Waals surface area contributed by atoms with Crippen molar-refractivity contribution in [2.24, 2.45) is 4.99 Å². The fourth-order valence-corrected chi connectivity index (χ4v) is 3.48. The van der Waals surface area contributed by atoms with E-state index in [0.717, 1.165) is 48.2 Å². The van der Waals surface area contributed by atoms with Crippen LogP contribution in [0.2, 0.25) is 0 Å². The number of amides is 1. The SMILES string of the molecule is C=C=C(C)C1=C(C)/C(=C/C)C(=NC(=C)C)N(C2CCCC2)C1=O. The molecule has 2 rings (SSSR count). The Balaban J connectivity index is 2.70. The standard InChI is InChI=1S/C20H26N2O/c1-7-14(5)18-15(6)17(8-2)19(21-13(3)4)22(20(18)23)16-11-9-10-12-16/h8,16H,1,3,9-12H2,2,4-6H3/b17-8-,21-19?. The molecule has 0 bridgehead atoms. The molecule has 122 valence electrons. The van der Waals surface area contributed by atoms with Gasteiger partial charge in [0.15, 0.2) is 0 Å². The zero-order valence-corrected chi connectivity index (χ0v) is 14.7. The van der Waals surface area contributed by atoms with E-state index in [1.54, 1.807) is 0 Å². The molecule has 23 heavy (non-hydrogen) atoms. The van der Waals surface area contributed by atoms with E-state index >= 15 is 0 Å². The van der Waals surface area contributed by atoms with Crippen molar-refractivity contribution in [2.45, 2.75) is 59.4 Å². The number of rotatable bonds is 3. The molecule has 1 aliphatic carbocycles. The summed E-state index contributed by atoms with van der Waals surface area (Å²) < 4.78 is 0. The molecule has 0 unspecified atom stereocenters. The molecule has 1 heterocycles. The van der Waals surface area contributed by atoms with Crippen LogP contribution in [0.15, 0.2) is 57.9 Å². The fourth-order valence-electron chi connectivity index (χ4n) is 3.48. The van der Waals surface area contributed by atoms with Gasteiger partial charge in [-0.15, -0.1) is 5.73 Å². The first kappa shape index (κ1) is 17.2. The third-order valence-corrected chi connectivity index (χ3v) is 4.60. The van der Waals surface area contributed by atoms with Gasteiger partial charge in [-0.2, -0.15) is 0 Å². The summed E-state index contributed by atoms with van der Waals surface area (Å²) >= 11 is 0. The first-order valence-electron chi connectivity index (χ1n) is 8.25. The van der Waals surface area contributed by atoms with E-state index < -0.39 is 0 Å². The van der Waals surface area contributed by atoms with E-state index in [-0.39, 0.29) is 11.9 Å². The van der Waals surface area contributed by atoms with E-state index in [4.69, 9.17) is 0 Å². The van der Waals surface area contributed by atoms with E-state index in [9.17, 15) is 4.79 Å². The Morgan fingerprint density at radius 1 is 1.35 bits per heavy atom. The van der Waals surface area contributed by atoms with Crippen LogP contribution >= 0.6 is 0 Å². The van der Waals surface area contributed by atoms with Gasteiger partial charge in [0.2, 0.25) is 0 Å². The minimum atomic E-state index is 0.0219. The smallest absolute Gasteiger partial charge is 0.260 e. The van der Waals surface area contributed by atoms with Gasteiger partial charge in [0, 0.05) is 22.9 Å². The van der Waals surface area contributed by atoms with Gasteiger partial charge >= 0.3 is 0 Å². The Bertz CT molecular complexity index is 678. The summed E-state index contributed by atoms with van der Waals surface area (Å²) in [4.78, 5) is 19.7. The molecule has 0 saturated heterocycles. The first-order valence-corrected chi connectivity index (χ1v) is 8.25. The molecule has 3 heteroatoms. The fraction of sp³-hybridized carbons (Fsp3) is 0.450. The predicted octanol–water partition coefficient (Wildman–Crippen LogP) is 4.70. The Kier molecular flexibility index (Phi) is 5.23. The summed E-state index contributed by atoms with van der Waals surface area (Å²) in [5, 5.41) is 0. The Morgan fingerprint density at radius 2 is 1.96 bits per heavy atom. The van der Waals surface area contributed by atoms with Crippen LogP contribution in [0.1, 0.15) is 53.4 Å². The van der Waals surface area contributed by atoms with Crippen LogP contribution in [0.3, 0.4) is 0 Å². The normalized spacial score (nSPS) is 23.0. The Hall–Kier alpha value is -2.12. The van der Waals surface area contributed by atoms with E-state index in [2.05, 4.69) is 23.9 Å². The minimum Gasteiger partial charge on any atom is -0.289 e. The van der Waals surface area contributed by atoms with Gasteiger partial charge in [-0.1, -0.05) is 32.1 Å². The predicted molar refractivity (Wildman–Crippen MR) is 96.1 cm³/mol. The number of hydrogen-bond acceptors (Lipinski definition) is 2. The average molecular weight is 310 g/mol. The number of allylic oxidation sites excluding steroid dienone is 2. The highest BCUT2D eigenvalue weighted by molar-refractivity contribution is 6.20. The van der Waals surface area contributed by atoms with Crippen LogP contribution in [0.4, 0.5) is 0 Å². The van der Waals surface area contributed by atoms with E-state index in [1.165, 1.54) is 0 Å². The van der Waals surface area contributed by atoms with Gasteiger partial charge in [0.25, 0.3) is 5.91 Å². The number of hydrogen-bond donors (Lipinski definition) is 0. The molecule has 1 aliphatic heterocycles. The Labute approximate surface area is 139 Å². The third-order valence-electron chi connectivity index (χ3n) is 4.60. The van der Waals surface area contributed by atoms with Crippen molar-refractivity contribution in [2.75, 3.05) is 0 Å². The molecule has 0 aromatic rings. The molecule has 0 N–H and O–H groups in total. The number of carbonyl (C=O) groups is 1. The molecule has 0 spiro atoms. The maximum absolute atomic E-state index is 13.2. The van der Waals surface area contributed by atoms with Gasteiger partial charge in [-0.25, -0.2) is 4.99 Å². The molecule has 1 fully saturated rings. The number of aliphatic imine (C=N–C) groups is 1. The summed E-state index contributed by atoms with van der Waals surface area (Å²) in [6.07, 6.45) is 6.41. The van der Waals surface area contributed by atoms with Crippen molar-refractivity contribution in [1.29, 1.82) is 0 Å². The summed E-state index contributed by atoms with van der Waals surface area (Å²) in [5.74, 6) is 0.767. The second-order valence-corrected chi connectivity index (χ2v) is 6.29. The van der Waals surface area contributed by atoms with Crippen LogP contribution in [0.5, 0.6) is 0 Å². The molecular weight excluding hydrogens is 284 g/mol. The molecule has 0 aromatic heterocycles. The van der Waals surface area contributed by atoms with Gasteiger partial charge in [0.1, 0.15) is 5.84 Å². The monoisotopic (exact) mass is 310 g/mol. The molecule has 0 radical (unpaired) electrons. The molecule has 0 atom stereocenters. The lowest BCUT2D eigenvalue weighted by Gasteiger charge is -2.36. The minimum absolute atomic E-state index is 0.0219. The highest BCUT2D eigenvalue weighted by Gasteiger charge is 2.38. The van der Waals surface area contributed by atoms with Gasteiger partial charge < -0.3 is 0 Å². The maximum Gasteiger partial charge on any atom is 0.260 e. The lowest BCUT2D eigenvalue weighted by atomic mass is 9.89. The number of nitrogens with zero attached hydrogens (tertiary/aromatic N) is 2. The molecule has 3 nitrogen and oxygen atoms in total. The first-order chi connectivity index (χ1) is 10.9. The summed E-state index contributed by atoms with van der Waals surface area (Å²) in [5.41, 5.74) is 7.05. The van der Waals surface area contributed by atoms with Gasteiger partial charge in [0.05, 0.1) is 5.57 Å². The van der Waals surface area contributed by atoms with Crippen molar-refractivity contribution in [1.82, 2.24) is 4.90 Å². The van der Waals surface area contributed by atoms with Crippen molar-refractivity contribution in [3.8, 4) is 0 Å². The van der Waals surface area contributed by atoms with Crippen molar-refractivity contribution in [3.05, 3.63) is 53.0 Å². The van der Waals surface area contributed by atoms with Crippen LogP contribution in [-0.2, 0) is 4.79 Å². The molecule has 1 amide bonds. The van der Waals surface area contributed by atoms with E-state index in [0.29, 0.717) is 11.3 Å². The van der Waals surface area contributed by atoms with Crippen LogP contribution in [0, 0.1) is 0 Å². The second-order valence-electron chi connectivity index (χ2n) is 6.29. The van der Waals surface area contributed by atoms with Crippen molar-refractivity contribution in [3.63, 3.8) is 0 Å². The summed E-state index contributed by atoms with van der Waals surface area (Å²) in [6.45, 7) is 15.3. The average Bonchev–Trinajstić information content (AvgIpc) is 3.00. The van der Waals surface area contributed by atoms with Crippen LogP contribution in [0.25, 0.3) is 0 Å². The van der Waals surface area contributed by atoms with Crippen molar-refractivity contribution >= 4 is 11.7 Å². The number of amidine groups is 1. The van der Waals surface area contributed by atoms with E-state index in [1.807, 2.05) is 38.7 Å². The Morgan fingerprint density at radius 3 is 2.43 bits per heavy atom. The van der Waals surface area contributed by atoms with Crippen molar-refractivity contribution < 1.29 is 4.79 Å². The van der Waals surface area contributed by atoms with Crippen LogP contribution in [-0.4, -0.2) is 22.7 Å². The molecule has 2 aliphatic rings. The highest BCUT2D eigenvalue weighted by Crippen LogP contribution is 2.35. The van der Waals surface area contributed by atoms with Gasteiger partial charge in [-0.3, -0.25) is 9.69 Å². The van der Waals surface area contributed by atoms with Gasteiger partial charge in [-0.05, 0) is 46.1 Å². The zero-order chi connectivity index (χ0) is 17.1. The third kappa shape index (κ3) is 3.16. The topological polar surface area (TPSA) is 32.7 Å². The maximum atomic E-state index is 13.2. The number of carbonyl (C=O) groups excluding carboxylic acids is 1. The quantitative estimate of drug-likeness (QED) is 0.696. The largest absolute Gasteiger partial charge is 0.289 e. The second kappa shape index (κ2) is 6.97. The lowest BCUT2D eigenvalue weighted by Crippen LogP contribution is -2.48. The molecule has 0 aromatic carbocycles. The summed E-state index contributed by atoms with van der Waals surface area (Å²) in [6, 6.07) is 0.219. The highest BCUT2D eigenvalue weighted by atomic mass is 16.2. The molecular formula is C20H26N2O.